The van der Waals surface area contributed by atoms with E-state index >= 15 is 0 Å². The summed E-state index contributed by atoms with van der Waals surface area (Å²) >= 11 is 0. The van der Waals surface area contributed by atoms with Crippen LogP contribution in [0.25, 0.3) is 5.57 Å². The number of carbonyl (C=O) groups excluding carboxylic acids is 2. The van der Waals surface area contributed by atoms with E-state index in [4.69, 9.17) is 4.74 Å². The van der Waals surface area contributed by atoms with Gasteiger partial charge >= 0.3 is 0 Å². The smallest absolute Gasteiger partial charge is 0.282 e. The van der Waals surface area contributed by atoms with E-state index in [0.717, 1.165) is 30.8 Å². The van der Waals surface area contributed by atoms with E-state index in [1.165, 1.54) is 18.2 Å². The van der Waals surface area contributed by atoms with Crippen LogP contribution in [0.15, 0.2) is 54.2 Å². The number of rotatable bonds is 6. The molecule has 0 bridgehead atoms. The maximum absolute atomic E-state index is 14.6. The molecule has 2 aliphatic heterocycles. The van der Waals surface area contributed by atoms with Crippen molar-refractivity contribution in [3.8, 4) is 5.75 Å². The Bertz CT molecular complexity index is 1040. The van der Waals surface area contributed by atoms with Gasteiger partial charge in [0.25, 0.3) is 11.8 Å². The summed E-state index contributed by atoms with van der Waals surface area (Å²) < 4.78 is 20.1. The number of likely N-dealkylation sites (tertiary alicyclic amines) is 1. The topological polar surface area (TPSA) is 53.1 Å². The summed E-state index contributed by atoms with van der Waals surface area (Å²) in [4.78, 5) is 32.2. The fourth-order valence-electron chi connectivity index (χ4n) is 4.41. The van der Waals surface area contributed by atoms with Gasteiger partial charge in [-0.25, -0.2) is 9.29 Å². The number of anilines is 1. The number of amides is 2. The number of para-hydroxylation sites is 1. The molecule has 1 fully saturated rings. The predicted octanol–water partition coefficient (Wildman–Crippen LogP) is 3.53. The lowest BCUT2D eigenvalue weighted by Gasteiger charge is -2.36. The molecular weight excluding hydrogens is 409 g/mol. The van der Waals surface area contributed by atoms with Crippen LogP contribution >= 0.6 is 0 Å². The van der Waals surface area contributed by atoms with Crippen LogP contribution < -0.4 is 9.64 Å². The third-order valence-corrected chi connectivity index (χ3v) is 6.20. The molecule has 0 aromatic heterocycles. The van der Waals surface area contributed by atoms with Gasteiger partial charge in [0.15, 0.2) is 0 Å². The van der Waals surface area contributed by atoms with Crippen LogP contribution in [-0.4, -0.2) is 61.4 Å². The zero-order chi connectivity index (χ0) is 22.8. The molecule has 168 valence electrons. The summed E-state index contributed by atoms with van der Waals surface area (Å²) in [6.07, 6.45) is 1.77. The highest BCUT2D eigenvalue weighted by molar-refractivity contribution is 6.45. The molecule has 2 amide bonds. The highest BCUT2D eigenvalue weighted by Crippen LogP contribution is 2.37. The molecule has 2 aromatic rings. The first-order valence-electron chi connectivity index (χ1n) is 10.9. The van der Waals surface area contributed by atoms with Crippen molar-refractivity contribution in [2.24, 2.45) is 0 Å². The van der Waals surface area contributed by atoms with E-state index in [-0.39, 0.29) is 11.7 Å². The standard InChI is InChI=1S/C25H28FN3O3/c1-4-32-19-11-9-17(10-12-19)22-23(28(3)18-13-15-27(2)16-14-18)25(31)29(24(22)30)21-8-6-5-7-20(21)26/h5-12,18H,4,13-16H2,1-3H3. The van der Waals surface area contributed by atoms with Gasteiger partial charge in [0.2, 0.25) is 0 Å². The highest BCUT2D eigenvalue weighted by atomic mass is 19.1. The molecular formula is C25H28FN3O3. The van der Waals surface area contributed by atoms with Gasteiger partial charge in [-0.2, -0.15) is 0 Å². The number of imide groups is 1. The first-order chi connectivity index (χ1) is 15.4. The van der Waals surface area contributed by atoms with Crippen molar-refractivity contribution in [3.63, 3.8) is 0 Å². The Hall–Kier alpha value is -3.19. The molecule has 0 saturated carbocycles. The maximum atomic E-state index is 14.6. The molecule has 0 spiro atoms. The minimum atomic E-state index is -0.608. The van der Waals surface area contributed by atoms with Crippen LogP contribution in [-0.2, 0) is 9.59 Å². The minimum Gasteiger partial charge on any atom is -0.494 e. The third kappa shape index (κ3) is 4.00. The Morgan fingerprint density at radius 2 is 1.69 bits per heavy atom. The van der Waals surface area contributed by atoms with Gasteiger partial charge in [-0.3, -0.25) is 9.59 Å². The summed E-state index contributed by atoms with van der Waals surface area (Å²) in [7, 11) is 3.93. The molecule has 2 heterocycles. The van der Waals surface area contributed by atoms with Crippen LogP contribution in [0.3, 0.4) is 0 Å². The maximum Gasteiger partial charge on any atom is 0.282 e. The number of halogens is 1. The molecule has 0 unspecified atom stereocenters. The minimum absolute atomic E-state index is 0.0299. The summed E-state index contributed by atoms with van der Waals surface area (Å²) in [5.74, 6) is -0.933. The van der Waals surface area contributed by atoms with Crippen molar-refractivity contribution in [3.05, 3.63) is 65.6 Å². The van der Waals surface area contributed by atoms with Crippen molar-refractivity contribution >= 4 is 23.1 Å². The molecule has 2 aliphatic rings. The highest BCUT2D eigenvalue weighted by Gasteiger charge is 2.44. The lowest BCUT2D eigenvalue weighted by Crippen LogP contribution is -2.43. The van der Waals surface area contributed by atoms with E-state index in [1.807, 2.05) is 18.9 Å². The van der Waals surface area contributed by atoms with Crippen LogP contribution in [0.4, 0.5) is 10.1 Å². The van der Waals surface area contributed by atoms with Gasteiger partial charge in [0.1, 0.15) is 17.3 Å². The van der Waals surface area contributed by atoms with Gasteiger partial charge in [-0.05, 0) is 69.7 Å². The second-order valence-corrected chi connectivity index (χ2v) is 8.22. The van der Waals surface area contributed by atoms with Gasteiger partial charge < -0.3 is 14.5 Å². The van der Waals surface area contributed by atoms with Gasteiger partial charge in [-0.15, -0.1) is 0 Å². The number of hydrogen-bond acceptors (Lipinski definition) is 5. The average molecular weight is 438 g/mol. The van der Waals surface area contributed by atoms with E-state index in [2.05, 4.69) is 11.9 Å². The zero-order valence-electron chi connectivity index (χ0n) is 18.7. The van der Waals surface area contributed by atoms with Crippen molar-refractivity contribution in [1.29, 1.82) is 0 Å². The number of piperidine rings is 1. The summed E-state index contributed by atoms with van der Waals surface area (Å²) in [5, 5.41) is 0. The molecule has 32 heavy (non-hydrogen) atoms. The second kappa shape index (κ2) is 9.12. The van der Waals surface area contributed by atoms with Gasteiger partial charge in [-0.1, -0.05) is 24.3 Å². The first kappa shape index (κ1) is 22.0. The van der Waals surface area contributed by atoms with Crippen molar-refractivity contribution in [2.45, 2.75) is 25.8 Å². The number of benzene rings is 2. The lowest BCUT2D eigenvalue weighted by atomic mass is 10.00. The summed E-state index contributed by atoms with van der Waals surface area (Å²) in [6.45, 7) is 4.26. The molecule has 0 aliphatic carbocycles. The fraction of sp³-hybridized carbons (Fsp3) is 0.360. The van der Waals surface area contributed by atoms with Gasteiger partial charge in [0.05, 0.1) is 17.9 Å². The zero-order valence-corrected chi connectivity index (χ0v) is 18.7. The first-order valence-corrected chi connectivity index (χ1v) is 10.9. The van der Waals surface area contributed by atoms with Crippen LogP contribution in [0, 0.1) is 5.82 Å². The Balaban J connectivity index is 1.78. The number of hydrogen-bond donors (Lipinski definition) is 0. The molecule has 7 heteroatoms. The van der Waals surface area contributed by atoms with Crippen LogP contribution in [0.2, 0.25) is 0 Å². The van der Waals surface area contributed by atoms with Crippen molar-refractivity contribution in [1.82, 2.24) is 9.80 Å². The fourth-order valence-corrected chi connectivity index (χ4v) is 4.41. The summed E-state index contributed by atoms with van der Waals surface area (Å²) in [6, 6.07) is 13.1. The van der Waals surface area contributed by atoms with Crippen molar-refractivity contribution < 1.29 is 18.7 Å². The molecule has 0 radical (unpaired) electrons. The number of nitrogens with zero attached hydrogens (tertiary/aromatic N) is 3. The van der Waals surface area contributed by atoms with E-state index in [9.17, 15) is 14.0 Å². The normalized spacial score (nSPS) is 17.9. The molecule has 0 atom stereocenters. The lowest BCUT2D eigenvalue weighted by molar-refractivity contribution is -0.120. The van der Waals surface area contributed by atoms with E-state index in [0.29, 0.717) is 29.2 Å². The van der Waals surface area contributed by atoms with Gasteiger partial charge in [0, 0.05) is 13.1 Å². The Kier molecular flexibility index (Phi) is 6.28. The SMILES string of the molecule is CCOc1ccc(C2=C(N(C)C3CCN(C)CC3)C(=O)N(c3ccccc3F)C2=O)cc1. The Morgan fingerprint density at radius 3 is 2.31 bits per heavy atom. The number of carbonyl (C=O) groups is 2. The Morgan fingerprint density at radius 1 is 1.03 bits per heavy atom. The Labute approximate surface area is 187 Å². The van der Waals surface area contributed by atoms with Crippen LogP contribution in [0.5, 0.6) is 5.75 Å². The van der Waals surface area contributed by atoms with E-state index < -0.39 is 17.6 Å². The number of ether oxygens (including phenoxy) is 1. The van der Waals surface area contributed by atoms with Crippen LogP contribution in [0.1, 0.15) is 25.3 Å². The molecule has 4 rings (SSSR count). The molecule has 1 saturated heterocycles. The number of likely N-dealkylation sites (N-methyl/N-ethyl adjacent to an activating group) is 1. The molecule has 2 aromatic carbocycles. The quantitative estimate of drug-likeness (QED) is 0.647. The largest absolute Gasteiger partial charge is 0.494 e. The van der Waals surface area contributed by atoms with E-state index in [1.54, 1.807) is 30.3 Å². The summed E-state index contributed by atoms with van der Waals surface area (Å²) in [5.41, 5.74) is 1.19. The average Bonchev–Trinajstić information content (AvgIpc) is 3.05. The van der Waals surface area contributed by atoms with Crippen molar-refractivity contribution in [2.75, 3.05) is 38.7 Å². The molecule has 0 N–H and O–H groups in total. The predicted molar refractivity (Wildman–Crippen MR) is 122 cm³/mol. The second-order valence-electron chi connectivity index (χ2n) is 8.22. The monoisotopic (exact) mass is 437 g/mol. The third-order valence-electron chi connectivity index (χ3n) is 6.20. The molecule has 6 nitrogen and oxygen atoms in total.